The van der Waals surface area contributed by atoms with Crippen LogP contribution < -0.4 is 4.74 Å². The lowest BCUT2D eigenvalue weighted by Gasteiger charge is -2.26. The van der Waals surface area contributed by atoms with Crippen molar-refractivity contribution in [2.75, 3.05) is 39.2 Å². The van der Waals surface area contributed by atoms with Crippen LogP contribution in [-0.4, -0.2) is 64.7 Å². The van der Waals surface area contributed by atoms with Gasteiger partial charge in [0, 0.05) is 13.1 Å². The van der Waals surface area contributed by atoms with Gasteiger partial charge < -0.3 is 18.8 Å². The van der Waals surface area contributed by atoms with E-state index in [1.54, 1.807) is 13.4 Å². The van der Waals surface area contributed by atoms with Crippen LogP contribution in [0, 0.1) is 6.92 Å². The zero-order valence-electron chi connectivity index (χ0n) is 16.3. The molecule has 29 heavy (non-hydrogen) atoms. The predicted octanol–water partition coefficient (Wildman–Crippen LogP) is 2.80. The van der Waals surface area contributed by atoms with Gasteiger partial charge >= 0.3 is 0 Å². The molecule has 1 aliphatic rings. The highest BCUT2D eigenvalue weighted by atomic mass is 32.2. The van der Waals surface area contributed by atoms with Gasteiger partial charge in [-0.3, -0.25) is 9.36 Å². The maximum atomic E-state index is 12.6. The van der Waals surface area contributed by atoms with Gasteiger partial charge in [-0.05, 0) is 37.3 Å². The van der Waals surface area contributed by atoms with Crippen LogP contribution in [0.15, 0.2) is 46.2 Å². The third kappa shape index (κ3) is 4.15. The number of ether oxygens (including phenoxy) is 2. The molecule has 8 nitrogen and oxygen atoms in total. The number of aromatic nitrogens is 3. The summed E-state index contributed by atoms with van der Waals surface area (Å²) in [5.41, 5.74) is 1.74. The van der Waals surface area contributed by atoms with Crippen molar-refractivity contribution in [1.29, 1.82) is 0 Å². The third-order valence-corrected chi connectivity index (χ3v) is 5.67. The maximum Gasteiger partial charge on any atom is 0.233 e. The van der Waals surface area contributed by atoms with E-state index in [1.165, 1.54) is 11.8 Å². The van der Waals surface area contributed by atoms with E-state index in [2.05, 4.69) is 10.2 Å². The molecular weight excluding hydrogens is 392 g/mol. The molecular formula is C20H22N4O4S. The summed E-state index contributed by atoms with van der Waals surface area (Å²) >= 11 is 1.37. The molecule has 0 atom stereocenters. The van der Waals surface area contributed by atoms with E-state index < -0.39 is 0 Å². The minimum Gasteiger partial charge on any atom is -0.497 e. The number of hydrogen-bond acceptors (Lipinski definition) is 7. The van der Waals surface area contributed by atoms with Crippen LogP contribution in [-0.2, 0) is 9.53 Å². The number of aryl methyl sites for hydroxylation is 1. The van der Waals surface area contributed by atoms with Crippen LogP contribution in [0.1, 0.15) is 5.76 Å². The van der Waals surface area contributed by atoms with Crippen molar-refractivity contribution in [3.8, 4) is 22.8 Å². The first-order chi connectivity index (χ1) is 14.2. The van der Waals surface area contributed by atoms with Crippen LogP contribution in [0.5, 0.6) is 5.75 Å². The summed E-state index contributed by atoms with van der Waals surface area (Å²) in [5.74, 6) is 2.55. The first kappa shape index (κ1) is 19.5. The Morgan fingerprint density at radius 1 is 1.17 bits per heavy atom. The monoisotopic (exact) mass is 414 g/mol. The van der Waals surface area contributed by atoms with E-state index in [0.29, 0.717) is 43.0 Å². The molecule has 152 valence electrons. The summed E-state index contributed by atoms with van der Waals surface area (Å²) in [6.07, 6.45) is 1.63. The standard InChI is InChI=1S/C20H22N4O4S/c1-14-17(7-10-28-14)19-21-22-20(24(19)15-3-5-16(26-2)6-4-15)29-13-18(25)23-8-11-27-12-9-23/h3-7,10H,8-9,11-13H2,1-2H3. The zero-order chi connectivity index (χ0) is 20.2. The lowest BCUT2D eigenvalue weighted by atomic mass is 10.2. The van der Waals surface area contributed by atoms with E-state index in [4.69, 9.17) is 13.9 Å². The van der Waals surface area contributed by atoms with E-state index in [1.807, 2.05) is 46.7 Å². The van der Waals surface area contributed by atoms with Gasteiger partial charge in [0.05, 0.1) is 43.6 Å². The molecule has 1 aliphatic heterocycles. The van der Waals surface area contributed by atoms with Crippen LogP contribution in [0.2, 0.25) is 0 Å². The Morgan fingerprint density at radius 3 is 2.59 bits per heavy atom. The second-order valence-electron chi connectivity index (χ2n) is 6.51. The molecule has 2 aromatic heterocycles. The third-order valence-electron chi connectivity index (χ3n) is 4.75. The fourth-order valence-electron chi connectivity index (χ4n) is 3.15. The van der Waals surface area contributed by atoms with Crippen molar-refractivity contribution >= 4 is 17.7 Å². The number of amides is 1. The topological polar surface area (TPSA) is 82.6 Å². The SMILES string of the molecule is COc1ccc(-n2c(SCC(=O)N3CCOCC3)nnc2-c2ccoc2C)cc1. The molecule has 4 rings (SSSR count). The average Bonchev–Trinajstić information content (AvgIpc) is 3.38. The van der Waals surface area contributed by atoms with Crippen molar-refractivity contribution < 1.29 is 18.7 Å². The van der Waals surface area contributed by atoms with E-state index in [9.17, 15) is 4.79 Å². The molecule has 0 radical (unpaired) electrons. The number of morpholine rings is 1. The summed E-state index contributed by atoms with van der Waals surface area (Å²) in [5, 5.41) is 9.39. The van der Waals surface area contributed by atoms with E-state index in [-0.39, 0.29) is 5.91 Å². The Morgan fingerprint density at radius 2 is 1.93 bits per heavy atom. The molecule has 1 fully saturated rings. The molecule has 1 aromatic carbocycles. The first-order valence-electron chi connectivity index (χ1n) is 9.30. The molecule has 1 amide bonds. The number of benzene rings is 1. The molecule has 0 saturated carbocycles. The van der Waals surface area contributed by atoms with Gasteiger partial charge in [0.15, 0.2) is 11.0 Å². The van der Waals surface area contributed by atoms with Gasteiger partial charge in [-0.15, -0.1) is 10.2 Å². The largest absolute Gasteiger partial charge is 0.497 e. The van der Waals surface area contributed by atoms with Crippen molar-refractivity contribution in [2.24, 2.45) is 0 Å². The number of furan rings is 1. The molecule has 3 aromatic rings. The smallest absolute Gasteiger partial charge is 0.233 e. The minimum absolute atomic E-state index is 0.0728. The quantitative estimate of drug-likeness (QED) is 0.574. The molecule has 9 heteroatoms. The lowest BCUT2D eigenvalue weighted by Crippen LogP contribution is -2.41. The van der Waals surface area contributed by atoms with Gasteiger partial charge in [-0.2, -0.15) is 0 Å². The summed E-state index contributed by atoms with van der Waals surface area (Å²) in [6.45, 7) is 4.32. The fraction of sp³-hybridized carbons (Fsp3) is 0.350. The van der Waals surface area contributed by atoms with E-state index in [0.717, 1.165) is 22.8 Å². The second kappa shape index (κ2) is 8.71. The van der Waals surface area contributed by atoms with Gasteiger partial charge in [-0.25, -0.2) is 0 Å². The van der Waals surface area contributed by atoms with Gasteiger partial charge in [0.2, 0.25) is 5.91 Å². The molecule has 0 aliphatic carbocycles. The maximum absolute atomic E-state index is 12.6. The van der Waals surface area contributed by atoms with Gasteiger partial charge in [0.25, 0.3) is 0 Å². The summed E-state index contributed by atoms with van der Waals surface area (Å²) < 4.78 is 18.0. The predicted molar refractivity (Wildman–Crippen MR) is 108 cm³/mol. The highest BCUT2D eigenvalue weighted by Gasteiger charge is 2.22. The zero-order valence-corrected chi connectivity index (χ0v) is 17.1. The number of carbonyl (C=O) groups is 1. The molecule has 0 N–H and O–H groups in total. The normalized spacial score (nSPS) is 14.2. The number of hydrogen-bond donors (Lipinski definition) is 0. The molecule has 0 spiro atoms. The van der Waals surface area contributed by atoms with Crippen molar-refractivity contribution in [3.63, 3.8) is 0 Å². The molecule has 1 saturated heterocycles. The summed E-state index contributed by atoms with van der Waals surface area (Å²) in [6, 6.07) is 9.51. The Balaban J connectivity index is 1.63. The highest BCUT2D eigenvalue weighted by Crippen LogP contribution is 2.31. The van der Waals surface area contributed by atoms with Gasteiger partial charge in [0.1, 0.15) is 11.5 Å². The number of nitrogens with zero attached hydrogens (tertiary/aromatic N) is 4. The molecule has 0 bridgehead atoms. The van der Waals surface area contributed by atoms with Crippen LogP contribution >= 0.6 is 11.8 Å². The van der Waals surface area contributed by atoms with Crippen LogP contribution in [0.4, 0.5) is 0 Å². The van der Waals surface area contributed by atoms with Crippen LogP contribution in [0.3, 0.4) is 0 Å². The Bertz CT molecular complexity index is 977. The Labute approximate surface area is 172 Å². The number of thioether (sulfide) groups is 1. The fourth-order valence-corrected chi connectivity index (χ4v) is 4.00. The second-order valence-corrected chi connectivity index (χ2v) is 7.45. The van der Waals surface area contributed by atoms with E-state index >= 15 is 0 Å². The van der Waals surface area contributed by atoms with Crippen LogP contribution in [0.25, 0.3) is 17.1 Å². The summed E-state index contributed by atoms with van der Waals surface area (Å²) in [7, 11) is 1.63. The minimum atomic E-state index is 0.0728. The average molecular weight is 414 g/mol. The Kier molecular flexibility index (Phi) is 5.86. The summed E-state index contributed by atoms with van der Waals surface area (Å²) in [4.78, 5) is 14.4. The lowest BCUT2D eigenvalue weighted by molar-refractivity contribution is -0.132. The number of rotatable bonds is 6. The first-order valence-corrected chi connectivity index (χ1v) is 10.3. The van der Waals surface area contributed by atoms with Crippen molar-refractivity contribution in [3.05, 3.63) is 42.4 Å². The van der Waals surface area contributed by atoms with Gasteiger partial charge in [-0.1, -0.05) is 11.8 Å². The van der Waals surface area contributed by atoms with Crippen molar-refractivity contribution in [2.45, 2.75) is 12.1 Å². The highest BCUT2D eigenvalue weighted by molar-refractivity contribution is 7.99. The van der Waals surface area contributed by atoms with Crippen molar-refractivity contribution in [1.82, 2.24) is 19.7 Å². The molecule has 3 heterocycles. The Hall–Kier alpha value is -2.78. The molecule has 0 unspecified atom stereocenters. The number of methoxy groups -OCH3 is 1. The number of carbonyl (C=O) groups excluding carboxylic acids is 1.